The zero-order valence-corrected chi connectivity index (χ0v) is 11.7. The highest BCUT2D eigenvalue weighted by Crippen LogP contribution is 2.36. The fraction of sp³-hybridized carbons (Fsp3) is 0.250. The second-order valence-corrected chi connectivity index (χ2v) is 4.31. The highest BCUT2D eigenvalue weighted by atomic mass is 32.2. The second kappa shape index (κ2) is 5.75. The molecule has 2 aromatic rings. The van der Waals surface area contributed by atoms with Gasteiger partial charge in [-0.25, -0.2) is 4.98 Å². The minimum Gasteiger partial charge on any atom is -0.496 e. The van der Waals surface area contributed by atoms with Crippen LogP contribution in [0.25, 0.3) is 11.4 Å². The van der Waals surface area contributed by atoms with Crippen molar-refractivity contribution in [3.8, 4) is 22.9 Å². The lowest BCUT2D eigenvalue weighted by molar-refractivity contribution is 0.396. The lowest BCUT2D eigenvalue weighted by Crippen LogP contribution is -2.03. The number of benzene rings is 1. The van der Waals surface area contributed by atoms with E-state index in [2.05, 4.69) is 15.0 Å². The minimum atomic E-state index is 0.169. The van der Waals surface area contributed by atoms with Crippen molar-refractivity contribution < 1.29 is 9.47 Å². The van der Waals surface area contributed by atoms with Crippen molar-refractivity contribution >= 4 is 17.7 Å². The van der Waals surface area contributed by atoms with Crippen molar-refractivity contribution in [1.29, 1.82) is 0 Å². The number of ether oxygens (including phenoxy) is 2. The van der Waals surface area contributed by atoms with Gasteiger partial charge in [0.1, 0.15) is 17.1 Å². The molecule has 0 spiro atoms. The number of hydrogen-bond acceptors (Lipinski definition) is 7. The van der Waals surface area contributed by atoms with Crippen LogP contribution in [-0.2, 0) is 0 Å². The summed E-state index contributed by atoms with van der Waals surface area (Å²) >= 11 is 1.39. The summed E-state index contributed by atoms with van der Waals surface area (Å²) in [5.74, 6) is 1.85. The molecule has 2 rings (SSSR count). The van der Waals surface area contributed by atoms with Crippen LogP contribution in [0, 0.1) is 0 Å². The number of nitrogens with zero attached hydrogens (tertiary/aromatic N) is 3. The van der Waals surface area contributed by atoms with Gasteiger partial charge in [0.2, 0.25) is 5.95 Å². The Balaban J connectivity index is 2.66. The Morgan fingerprint density at radius 1 is 1.05 bits per heavy atom. The number of nitrogen functional groups attached to an aromatic ring is 1. The molecule has 0 unspecified atom stereocenters. The third-order valence-corrected chi connectivity index (χ3v) is 3.01. The van der Waals surface area contributed by atoms with E-state index in [0.29, 0.717) is 28.0 Å². The maximum Gasteiger partial charge on any atom is 0.224 e. The summed E-state index contributed by atoms with van der Waals surface area (Å²) in [6.45, 7) is 0. The lowest BCUT2D eigenvalue weighted by Gasteiger charge is -2.12. The molecule has 0 atom stereocenters. The number of hydrogen-bond donors (Lipinski definition) is 1. The highest BCUT2D eigenvalue weighted by molar-refractivity contribution is 7.98. The first kappa shape index (κ1) is 13.4. The van der Waals surface area contributed by atoms with E-state index >= 15 is 0 Å². The fourth-order valence-corrected chi connectivity index (χ4v) is 2.01. The summed E-state index contributed by atoms with van der Waals surface area (Å²) in [6.07, 6.45) is 1.87. The van der Waals surface area contributed by atoms with Crippen LogP contribution in [0.2, 0.25) is 0 Å². The van der Waals surface area contributed by atoms with Gasteiger partial charge in [-0.3, -0.25) is 0 Å². The fourth-order valence-electron chi connectivity index (χ4n) is 1.65. The molecule has 1 aromatic heterocycles. The van der Waals surface area contributed by atoms with E-state index in [4.69, 9.17) is 15.2 Å². The molecule has 1 heterocycles. The van der Waals surface area contributed by atoms with Crippen LogP contribution in [0.4, 0.5) is 5.95 Å². The van der Waals surface area contributed by atoms with Crippen LogP contribution in [-0.4, -0.2) is 35.4 Å². The van der Waals surface area contributed by atoms with Crippen molar-refractivity contribution in [3.05, 3.63) is 18.2 Å². The summed E-state index contributed by atoms with van der Waals surface area (Å²) in [7, 11) is 3.16. The molecule has 0 fully saturated rings. The Hall–Kier alpha value is -2.02. The Bertz CT molecular complexity index is 570. The van der Waals surface area contributed by atoms with Crippen LogP contribution < -0.4 is 15.2 Å². The van der Waals surface area contributed by atoms with Crippen molar-refractivity contribution in [3.63, 3.8) is 0 Å². The Kier molecular flexibility index (Phi) is 4.06. The zero-order chi connectivity index (χ0) is 13.8. The Labute approximate surface area is 115 Å². The van der Waals surface area contributed by atoms with E-state index in [1.54, 1.807) is 14.2 Å². The topological polar surface area (TPSA) is 83.2 Å². The quantitative estimate of drug-likeness (QED) is 0.854. The third-order valence-electron chi connectivity index (χ3n) is 2.47. The standard InChI is InChI=1S/C12H14N4O2S/c1-17-7-5-4-6-8(18-2)9(7)10-14-11(13)16-12(15-10)19-3/h4-6H,1-3H3,(H2,13,14,15,16). The molecule has 0 aliphatic heterocycles. The highest BCUT2D eigenvalue weighted by Gasteiger charge is 2.16. The molecule has 100 valence electrons. The van der Waals surface area contributed by atoms with Crippen LogP contribution in [0.3, 0.4) is 0 Å². The molecule has 19 heavy (non-hydrogen) atoms. The summed E-state index contributed by atoms with van der Waals surface area (Å²) in [5, 5.41) is 0.551. The maximum absolute atomic E-state index is 5.70. The van der Waals surface area contributed by atoms with Gasteiger partial charge in [-0.2, -0.15) is 9.97 Å². The van der Waals surface area contributed by atoms with E-state index in [1.165, 1.54) is 11.8 Å². The maximum atomic E-state index is 5.70. The van der Waals surface area contributed by atoms with Gasteiger partial charge in [0.25, 0.3) is 0 Å². The molecule has 0 amide bonds. The van der Waals surface area contributed by atoms with Gasteiger partial charge >= 0.3 is 0 Å². The van der Waals surface area contributed by atoms with Crippen LogP contribution in [0.5, 0.6) is 11.5 Å². The summed E-state index contributed by atoms with van der Waals surface area (Å²) < 4.78 is 10.7. The van der Waals surface area contributed by atoms with Gasteiger partial charge in [-0.05, 0) is 18.4 Å². The molecule has 0 saturated heterocycles. The average Bonchev–Trinajstić information content (AvgIpc) is 2.45. The number of rotatable bonds is 4. The molecule has 2 N–H and O–H groups in total. The molecule has 0 saturated carbocycles. The largest absolute Gasteiger partial charge is 0.496 e. The van der Waals surface area contributed by atoms with Crippen molar-refractivity contribution in [2.24, 2.45) is 0 Å². The number of thioether (sulfide) groups is 1. The van der Waals surface area contributed by atoms with Gasteiger partial charge in [-0.15, -0.1) is 0 Å². The van der Waals surface area contributed by atoms with Gasteiger partial charge in [0, 0.05) is 0 Å². The van der Waals surface area contributed by atoms with E-state index in [9.17, 15) is 0 Å². The zero-order valence-electron chi connectivity index (χ0n) is 10.9. The molecular formula is C12H14N4O2S. The van der Waals surface area contributed by atoms with Crippen LogP contribution >= 0.6 is 11.8 Å². The summed E-state index contributed by atoms with van der Waals surface area (Å²) in [6, 6.07) is 5.47. The average molecular weight is 278 g/mol. The van der Waals surface area contributed by atoms with Gasteiger partial charge in [0.05, 0.1) is 14.2 Å². The number of methoxy groups -OCH3 is 2. The SMILES string of the molecule is COc1cccc(OC)c1-c1nc(N)nc(SC)n1. The Morgan fingerprint density at radius 3 is 2.21 bits per heavy atom. The molecule has 0 aliphatic rings. The predicted molar refractivity (Wildman–Crippen MR) is 74.6 cm³/mol. The molecular weight excluding hydrogens is 264 g/mol. The van der Waals surface area contributed by atoms with Gasteiger partial charge in [0.15, 0.2) is 11.0 Å². The minimum absolute atomic E-state index is 0.169. The monoisotopic (exact) mass is 278 g/mol. The van der Waals surface area contributed by atoms with Crippen molar-refractivity contribution in [2.45, 2.75) is 5.16 Å². The molecule has 0 radical (unpaired) electrons. The van der Waals surface area contributed by atoms with Gasteiger partial charge in [-0.1, -0.05) is 17.8 Å². The normalized spacial score (nSPS) is 10.3. The van der Waals surface area contributed by atoms with Gasteiger partial charge < -0.3 is 15.2 Å². The Morgan fingerprint density at radius 2 is 1.68 bits per heavy atom. The summed E-state index contributed by atoms with van der Waals surface area (Å²) in [5.41, 5.74) is 6.36. The molecule has 7 heteroatoms. The van der Waals surface area contributed by atoms with Crippen LogP contribution in [0.1, 0.15) is 0 Å². The number of nitrogens with two attached hydrogens (primary N) is 1. The molecule has 0 aliphatic carbocycles. The van der Waals surface area contributed by atoms with E-state index < -0.39 is 0 Å². The van der Waals surface area contributed by atoms with E-state index in [1.807, 2.05) is 24.5 Å². The lowest BCUT2D eigenvalue weighted by atomic mass is 10.1. The first-order valence-electron chi connectivity index (χ1n) is 5.46. The van der Waals surface area contributed by atoms with E-state index in [0.717, 1.165) is 0 Å². The van der Waals surface area contributed by atoms with Crippen molar-refractivity contribution in [1.82, 2.24) is 15.0 Å². The molecule has 1 aromatic carbocycles. The van der Waals surface area contributed by atoms with Crippen LogP contribution in [0.15, 0.2) is 23.4 Å². The first-order chi connectivity index (χ1) is 9.19. The molecule has 6 nitrogen and oxygen atoms in total. The van der Waals surface area contributed by atoms with Crippen molar-refractivity contribution in [2.75, 3.05) is 26.2 Å². The third kappa shape index (κ3) is 2.70. The summed E-state index contributed by atoms with van der Waals surface area (Å²) in [4.78, 5) is 12.5. The first-order valence-corrected chi connectivity index (χ1v) is 6.69. The number of anilines is 1. The van der Waals surface area contributed by atoms with E-state index in [-0.39, 0.29) is 5.95 Å². The second-order valence-electron chi connectivity index (χ2n) is 3.54. The smallest absolute Gasteiger partial charge is 0.224 e. The predicted octanol–water partition coefficient (Wildman–Crippen LogP) is 1.86. The molecule has 0 bridgehead atoms. The number of aromatic nitrogens is 3.